The quantitative estimate of drug-likeness (QED) is 0.824. The number of rotatable bonds is 2. The van der Waals surface area contributed by atoms with E-state index < -0.39 is 5.79 Å². The van der Waals surface area contributed by atoms with Crippen molar-refractivity contribution >= 4 is 5.69 Å². The molecule has 1 N–H and O–H groups in total. The molecule has 0 aliphatic carbocycles. The Hall–Kier alpha value is -1.07. The van der Waals surface area contributed by atoms with Crippen molar-refractivity contribution in [1.82, 2.24) is 9.78 Å². The van der Waals surface area contributed by atoms with Crippen LogP contribution in [0.2, 0.25) is 0 Å². The van der Waals surface area contributed by atoms with E-state index >= 15 is 0 Å². The number of anilines is 1. The first kappa shape index (κ1) is 11.4. The van der Waals surface area contributed by atoms with Crippen LogP contribution in [0, 0.1) is 6.92 Å². The highest BCUT2D eigenvalue weighted by Gasteiger charge is 2.28. The van der Waals surface area contributed by atoms with Crippen molar-refractivity contribution in [3.8, 4) is 0 Å². The minimum Gasteiger partial charge on any atom is -0.375 e. The molecule has 0 radical (unpaired) electrons. The lowest BCUT2D eigenvalue weighted by Gasteiger charge is -2.35. The third-order valence-electron chi connectivity index (χ3n) is 2.64. The van der Waals surface area contributed by atoms with Crippen LogP contribution in [0.5, 0.6) is 0 Å². The van der Waals surface area contributed by atoms with Gasteiger partial charge in [0.05, 0.1) is 30.6 Å². The van der Waals surface area contributed by atoms with E-state index in [1.807, 2.05) is 34.0 Å². The van der Waals surface area contributed by atoms with Crippen LogP contribution in [0.15, 0.2) is 6.20 Å². The van der Waals surface area contributed by atoms with Gasteiger partial charge >= 0.3 is 0 Å². The van der Waals surface area contributed by atoms with Crippen molar-refractivity contribution in [3.05, 3.63) is 11.9 Å². The highest BCUT2D eigenvalue weighted by atomic mass is 16.7. The Morgan fingerprint density at radius 3 is 2.56 bits per heavy atom. The van der Waals surface area contributed by atoms with Gasteiger partial charge in [-0.25, -0.2) is 0 Å². The van der Waals surface area contributed by atoms with Crippen LogP contribution in [-0.2, 0) is 16.5 Å². The van der Waals surface area contributed by atoms with Crippen LogP contribution in [0.3, 0.4) is 0 Å². The van der Waals surface area contributed by atoms with E-state index in [-0.39, 0.29) is 6.04 Å². The normalized spacial score (nSPS) is 21.0. The number of hydrogen-bond donors (Lipinski definition) is 1. The fourth-order valence-corrected chi connectivity index (χ4v) is 1.74. The highest BCUT2D eigenvalue weighted by Crippen LogP contribution is 2.20. The van der Waals surface area contributed by atoms with Crippen molar-refractivity contribution < 1.29 is 9.47 Å². The predicted molar refractivity (Wildman–Crippen MR) is 61.3 cm³/mol. The standard InChI is InChI=1S/C11H19N3O2/c1-8-10(5-14(4)13-8)12-9-6-15-11(2,3)16-7-9/h5,9,12H,6-7H2,1-4H3. The molecular formula is C11H19N3O2. The number of aromatic nitrogens is 2. The Kier molecular flexibility index (Phi) is 2.90. The zero-order chi connectivity index (χ0) is 11.8. The number of hydrogen-bond acceptors (Lipinski definition) is 4. The molecule has 0 bridgehead atoms. The minimum absolute atomic E-state index is 0.191. The van der Waals surface area contributed by atoms with E-state index in [9.17, 15) is 0 Å². The third kappa shape index (κ3) is 2.54. The average Bonchev–Trinajstić information content (AvgIpc) is 2.49. The molecule has 0 unspecified atom stereocenters. The lowest BCUT2D eigenvalue weighted by atomic mass is 10.2. The largest absolute Gasteiger partial charge is 0.375 e. The molecule has 1 fully saturated rings. The predicted octanol–water partition coefficient (Wildman–Crippen LogP) is 1.29. The Balaban J connectivity index is 1.94. The van der Waals surface area contributed by atoms with E-state index in [4.69, 9.17) is 9.47 Å². The molecule has 16 heavy (non-hydrogen) atoms. The van der Waals surface area contributed by atoms with Gasteiger partial charge in [0.25, 0.3) is 0 Å². The van der Waals surface area contributed by atoms with Gasteiger partial charge in [-0.2, -0.15) is 5.10 Å². The molecule has 90 valence electrons. The van der Waals surface area contributed by atoms with Gasteiger partial charge in [-0.1, -0.05) is 0 Å². The summed E-state index contributed by atoms with van der Waals surface area (Å²) in [5.41, 5.74) is 2.03. The molecule has 1 aromatic rings. The molecule has 5 heteroatoms. The molecule has 2 heterocycles. The molecule has 1 aliphatic heterocycles. The molecule has 1 aliphatic rings. The monoisotopic (exact) mass is 225 g/mol. The smallest absolute Gasteiger partial charge is 0.162 e. The van der Waals surface area contributed by atoms with Gasteiger partial charge < -0.3 is 14.8 Å². The second kappa shape index (κ2) is 4.07. The molecule has 0 spiro atoms. The summed E-state index contributed by atoms with van der Waals surface area (Å²) in [6.07, 6.45) is 1.97. The number of nitrogens with zero attached hydrogens (tertiary/aromatic N) is 2. The van der Waals surface area contributed by atoms with E-state index in [0.717, 1.165) is 11.4 Å². The summed E-state index contributed by atoms with van der Waals surface area (Å²) >= 11 is 0. The second-order valence-corrected chi connectivity index (χ2v) is 4.66. The van der Waals surface area contributed by atoms with Gasteiger partial charge in [0.2, 0.25) is 0 Å². The Morgan fingerprint density at radius 2 is 2.06 bits per heavy atom. The Morgan fingerprint density at radius 1 is 1.44 bits per heavy atom. The van der Waals surface area contributed by atoms with Gasteiger partial charge in [0.1, 0.15) is 0 Å². The van der Waals surface area contributed by atoms with Crippen LogP contribution in [0.1, 0.15) is 19.5 Å². The second-order valence-electron chi connectivity index (χ2n) is 4.66. The van der Waals surface area contributed by atoms with Crippen LogP contribution in [0.4, 0.5) is 5.69 Å². The van der Waals surface area contributed by atoms with Gasteiger partial charge in [-0.15, -0.1) is 0 Å². The average molecular weight is 225 g/mol. The van der Waals surface area contributed by atoms with Gasteiger partial charge in [-0.3, -0.25) is 4.68 Å². The summed E-state index contributed by atoms with van der Waals surface area (Å²) < 4.78 is 13.0. The van der Waals surface area contributed by atoms with Crippen LogP contribution in [0.25, 0.3) is 0 Å². The molecule has 5 nitrogen and oxygen atoms in total. The minimum atomic E-state index is -0.456. The molecule has 1 aromatic heterocycles. The highest BCUT2D eigenvalue weighted by molar-refractivity contribution is 5.46. The van der Waals surface area contributed by atoms with Crippen LogP contribution < -0.4 is 5.32 Å². The molecule has 1 saturated heterocycles. The van der Waals surface area contributed by atoms with Crippen molar-refractivity contribution in [2.75, 3.05) is 18.5 Å². The zero-order valence-corrected chi connectivity index (χ0v) is 10.3. The molecular weight excluding hydrogens is 206 g/mol. The SMILES string of the molecule is Cc1nn(C)cc1NC1COC(C)(C)OC1. The third-order valence-corrected chi connectivity index (χ3v) is 2.64. The van der Waals surface area contributed by atoms with Crippen molar-refractivity contribution in [2.24, 2.45) is 7.05 Å². The summed E-state index contributed by atoms with van der Waals surface area (Å²) in [6, 6.07) is 0.191. The van der Waals surface area contributed by atoms with Gasteiger partial charge in [0.15, 0.2) is 5.79 Å². The van der Waals surface area contributed by atoms with Crippen LogP contribution in [-0.4, -0.2) is 34.8 Å². The number of ether oxygens (including phenoxy) is 2. The maximum absolute atomic E-state index is 5.58. The van der Waals surface area contributed by atoms with E-state index in [0.29, 0.717) is 13.2 Å². The molecule has 0 saturated carbocycles. The maximum Gasteiger partial charge on any atom is 0.162 e. The molecule has 0 atom stereocenters. The fourth-order valence-electron chi connectivity index (χ4n) is 1.74. The van der Waals surface area contributed by atoms with E-state index in [1.54, 1.807) is 4.68 Å². The summed E-state index contributed by atoms with van der Waals surface area (Å²) in [5, 5.41) is 7.65. The summed E-state index contributed by atoms with van der Waals surface area (Å²) in [4.78, 5) is 0. The van der Waals surface area contributed by atoms with Crippen molar-refractivity contribution in [2.45, 2.75) is 32.6 Å². The number of nitrogens with one attached hydrogen (secondary N) is 1. The lowest BCUT2D eigenvalue weighted by Crippen LogP contribution is -2.45. The lowest BCUT2D eigenvalue weighted by molar-refractivity contribution is -0.247. The summed E-state index contributed by atoms with van der Waals surface area (Å²) in [5.74, 6) is -0.456. The van der Waals surface area contributed by atoms with Crippen molar-refractivity contribution in [1.29, 1.82) is 0 Å². The first-order chi connectivity index (χ1) is 7.46. The summed E-state index contributed by atoms with van der Waals surface area (Å²) in [7, 11) is 1.91. The van der Waals surface area contributed by atoms with Gasteiger partial charge in [-0.05, 0) is 20.8 Å². The van der Waals surface area contributed by atoms with Crippen LogP contribution >= 0.6 is 0 Å². The first-order valence-corrected chi connectivity index (χ1v) is 5.51. The molecule has 0 aromatic carbocycles. The summed E-state index contributed by atoms with van der Waals surface area (Å²) in [6.45, 7) is 7.15. The van der Waals surface area contributed by atoms with Gasteiger partial charge in [0, 0.05) is 13.2 Å². The van der Waals surface area contributed by atoms with Crippen molar-refractivity contribution in [3.63, 3.8) is 0 Å². The maximum atomic E-state index is 5.58. The Bertz CT molecular complexity index is 363. The molecule has 0 amide bonds. The topological polar surface area (TPSA) is 48.3 Å². The fraction of sp³-hybridized carbons (Fsp3) is 0.727. The first-order valence-electron chi connectivity index (χ1n) is 5.51. The zero-order valence-electron chi connectivity index (χ0n) is 10.3. The molecule has 2 rings (SSSR count). The van der Waals surface area contributed by atoms with E-state index in [2.05, 4.69) is 10.4 Å². The Labute approximate surface area is 95.7 Å². The number of aryl methyl sites for hydroxylation is 2. The van der Waals surface area contributed by atoms with E-state index in [1.165, 1.54) is 0 Å².